The van der Waals surface area contributed by atoms with E-state index in [-0.39, 0.29) is 5.97 Å². The third-order valence-electron chi connectivity index (χ3n) is 1.83. The average molecular weight is 246 g/mol. The second-order valence-electron chi connectivity index (χ2n) is 3.10. The maximum atomic E-state index is 11.1. The molecule has 1 rings (SSSR count). The van der Waals surface area contributed by atoms with E-state index in [1.807, 2.05) is 0 Å². The molecule has 0 fully saturated rings. The van der Waals surface area contributed by atoms with E-state index < -0.39 is 0 Å². The van der Waals surface area contributed by atoms with Gasteiger partial charge in [-0.2, -0.15) is 0 Å². The first-order valence-corrected chi connectivity index (χ1v) is 4.82. The summed E-state index contributed by atoms with van der Waals surface area (Å²) in [5.41, 5.74) is 1.57. The number of ether oxygens (including phenoxy) is 1. The van der Waals surface area contributed by atoms with E-state index in [4.69, 9.17) is 0 Å². The minimum absolute atomic E-state index is 0.340. The van der Waals surface area contributed by atoms with Crippen LogP contribution in [-0.2, 0) is 4.74 Å². The van der Waals surface area contributed by atoms with Gasteiger partial charge < -0.3 is 9.72 Å². The van der Waals surface area contributed by atoms with Crippen molar-refractivity contribution in [2.24, 2.45) is 0 Å². The van der Waals surface area contributed by atoms with E-state index in [2.05, 4.69) is 39.5 Å². The molecule has 0 amide bonds. The first-order chi connectivity index (χ1) is 6.06. The lowest BCUT2D eigenvalue weighted by Crippen LogP contribution is -2.00. The van der Waals surface area contributed by atoms with Crippen molar-refractivity contribution in [3.63, 3.8) is 0 Å². The van der Waals surface area contributed by atoms with Crippen LogP contribution in [0.4, 0.5) is 0 Å². The van der Waals surface area contributed by atoms with Crippen molar-refractivity contribution >= 4 is 21.9 Å². The number of H-pyrrole nitrogens is 1. The van der Waals surface area contributed by atoms with Crippen LogP contribution in [0.5, 0.6) is 0 Å². The monoisotopic (exact) mass is 245 g/mol. The number of aromatic nitrogens is 1. The van der Waals surface area contributed by atoms with Gasteiger partial charge in [-0.15, -0.1) is 0 Å². The van der Waals surface area contributed by atoms with Crippen LogP contribution in [0.3, 0.4) is 0 Å². The van der Waals surface area contributed by atoms with Gasteiger partial charge in [0.25, 0.3) is 0 Å². The van der Waals surface area contributed by atoms with E-state index in [1.54, 1.807) is 6.07 Å². The van der Waals surface area contributed by atoms with E-state index in [0.717, 1.165) is 10.2 Å². The van der Waals surface area contributed by atoms with E-state index in [1.165, 1.54) is 7.11 Å². The Hall–Kier alpha value is -0.770. The number of hydrogen-bond acceptors (Lipinski definition) is 2. The van der Waals surface area contributed by atoms with Crippen molar-refractivity contribution in [3.8, 4) is 0 Å². The fourth-order valence-corrected chi connectivity index (χ4v) is 1.87. The lowest BCUT2D eigenvalue weighted by Gasteiger charge is -1.99. The van der Waals surface area contributed by atoms with Gasteiger partial charge in [-0.3, -0.25) is 0 Å². The maximum absolute atomic E-state index is 11.1. The first-order valence-electron chi connectivity index (χ1n) is 4.03. The zero-order chi connectivity index (χ0) is 10.0. The smallest absolute Gasteiger partial charge is 0.354 e. The highest BCUT2D eigenvalue weighted by Crippen LogP contribution is 2.25. The molecule has 13 heavy (non-hydrogen) atoms. The molecular weight excluding hydrogens is 234 g/mol. The lowest BCUT2D eigenvalue weighted by molar-refractivity contribution is 0.0594. The number of carbonyl (C=O) groups excluding carboxylic acids is 1. The third kappa shape index (κ3) is 2.12. The van der Waals surface area contributed by atoms with Crippen molar-refractivity contribution < 1.29 is 9.53 Å². The largest absolute Gasteiger partial charge is 0.464 e. The van der Waals surface area contributed by atoms with Crippen molar-refractivity contribution in [1.82, 2.24) is 4.98 Å². The fourth-order valence-electron chi connectivity index (χ4n) is 1.09. The summed E-state index contributed by atoms with van der Waals surface area (Å²) in [6.07, 6.45) is 0. The second kappa shape index (κ2) is 3.96. The Balaban J connectivity index is 3.02. The Labute approximate surface area is 85.6 Å². The fraction of sp³-hybridized carbons (Fsp3) is 0.444. The quantitative estimate of drug-likeness (QED) is 0.815. The van der Waals surface area contributed by atoms with E-state index in [0.29, 0.717) is 11.6 Å². The van der Waals surface area contributed by atoms with Crippen LogP contribution in [0.15, 0.2) is 10.7 Å². The Kier molecular flexibility index (Phi) is 3.14. The Morgan fingerprint density at radius 1 is 1.62 bits per heavy atom. The molecule has 3 nitrogen and oxygen atoms in total. The molecule has 0 unspecified atom stereocenters. The molecule has 0 radical (unpaired) electrons. The molecule has 0 saturated carbocycles. The second-order valence-corrected chi connectivity index (χ2v) is 3.89. The van der Waals surface area contributed by atoms with E-state index >= 15 is 0 Å². The van der Waals surface area contributed by atoms with Crippen molar-refractivity contribution in [1.29, 1.82) is 0 Å². The number of aromatic amines is 1. The summed E-state index contributed by atoms with van der Waals surface area (Å²) in [6.45, 7) is 4.13. The molecule has 0 saturated heterocycles. The first kappa shape index (κ1) is 10.3. The average Bonchev–Trinajstić information content (AvgIpc) is 2.46. The molecule has 0 aromatic carbocycles. The van der Waals surface area contributed by atoms with Crippen molar-refractivity contribution in [2.45, 2.75) is 19.8 Å². The molecule has 72 valence electrons. The summed E-state index contributed by atoms with van der Waals surface area (Å²) in [5.74, 6) is 0.0385. The molecule has 0 bridgehead atoms. The van der Waals surface area contributed by atoms with Gasteiger partial charge in [0.15, 0.2) is 0 Å². The predicted molar refractivity (Wildman–Crippen MR) is 53.9 cm³/mol. The molecular formula is C9H12BrNO2. The summed E-state index contributed by atoms with van der Waals surface area (Å²) in [7, 11) is 1.37. The van der Waals surface area contributed by atoms with Gasteiger partial charge in [-0.25, -0.2) is 4.79 Å². The summed E-state index contributed by atoms with van der Waals surface area (Å²) < 4.78 is 5.44. The number of nitrogens with one attached hydrogen (secondary N) is 1. The minimum atomic E-state index is -0.340. The molecule has 0 spiro atoms. The van der Waals surface area contributed by atoms with Crippen LogP contribution in [-0.4, -0.2) is 18.1 Å². The number of carbonyl (C=O) groups is 1. The van der Waals surface area contributed by atoms with Gasteiger partial charge in [0.2, 0.25) is 0 Å². The molecule has 1 aromatic rings. The van der Waals surface area contributed by atoms with Crippen LogP contribution < -0.4 is 0 Å². The van der Waals surface area contributed by atoms with Gasteiger partial charge in [0.05, 0.1) is 11.7 Å². The Morgan fingerprint density at radius 2 is 2.23 bits per heavy atom. The Bertz CT molecular complexity index is 317. The molecule has 0 aliphatic carbocycles. The summed E-state index contributed by atoms with van der Waals surface area (Å²) >= 11 is 3.35. The van der Waals surface area contributed by atoms with Crippen LogP contribution >= 0.6 is 15.9 Å². The van der Waals surface area contributed by atoms with Crippen molar-refractivity contribution in [3.05, 3.63) is 21.9 Å². The number of rotatable bonds is 2. The van der Waals surface area contributed by atoms with Gasteiger partial charge in [-0.05, 0) is 33.5 Å². The van der Waals surface area contributed by atoms with Gasteiger partial charge in [0.1, 0.15) is 5.69 Å². The summed E-state index contributed by atoms with van der Waals surface area (Å²) in [5, 5.41) is 0. The standard InChI is InChI=1S/C9H12BrNO2/c1-5(2)6-4-7(9(12)13-3)11-8(6)10/h4-5,11H,1-3H3. The third-order valence-corrected chi connectivity index (χ3v) is 2.48. The molecule has 1 aromatic heterocycles. The number of methoxy groups -OCH3 is 1. The van der Waals surface area contributed by atoms with E-state index in [9.17, 15) is 4.79 Å². The Morgan fingerprint density at radius 3 is 2.62 bits per heavy atom. The van der Waals surface area contributed by atoms with Gasteiger partial charge in [-0.1, -0.05) is 13.8 Å². The highest BCUT2D eigenvalue weighted by molar-refractivity contribution is 9.10. The zero-order valence-corrected chi connectivity index (χ0v) is 9.44. The van der Waals surface area contributed by atoms with Crippen LogP contribution in [0.25, 0.3) is 0 Å². The summed E-state index contributed by atoms with van der Waals surface area (Å²) in [4.78, 5) is 14.0. The topological polar surface area (TPSA) is 42.1 Å². The number of halogens is 1. The normalized spacial score (nSPS) is 10.5. The lowest BCUT2D eigenvalue weighted by atomic mass is 10.1. The predicted octanol–water partition coefficient (Wildman–Crippen LogP) is 2.69. The molecule has 1 N–H and O–H groups in total. The molecule has 1 heterocycles. The highest BCUT2D eigenvalue weighted by Gasteiger charge is 2.14. The maximum Gasteiger partial charge on any atom is 0.354 e. The SMILES string of the molecule is COC(=O)c1cc(C(C)C)c(Br)[nH]1. The zero-order valence-electron chi connectivity index (χ0n) is 7.85. The highest BCUT2D eigenvalue weighted by atomic mass is 79.9. The number of esters is 1. The molecule has 0 atom stereocenters. The van der Waals surface area contributed by atoms with Crippen LogP contribution in [0.1, 0.15) is 35.8 Å². The van der Waals surface area contributed by atoms with Crippen LogP contribution in [0, 0.1) is 0 Å². The summed E-state index contributed by atoms with van der Waals surface area (Å²) in [6, 6.07) is 1.81. The van der Waals surface area contributed by atoms with Gasteiger partial charge in [0, 0.05) is 0 Å². The molecule has 4 heteroatoms. The van der Waals surface area contributed by atoms with Gasteiger partial charge >= 0.3 is 5.97 Å². The molecule has 0 aliphatic rings. The number of hydrogen-bond donors (Lipinski definition) is 1. The van der Waals surface area contributed by atoms with Crippen molar-refractivity contribution in [2.75, 3.05) is 7.11 Å². The molecule has 0 aliphatic heterocycles. The minimum Gasteiger partial charge on any atom is -0.464 e. The van der Waals surface area contributed by atoms with Crippen LogP contribution in [0.2, 0.25) is 0 Å².